The second-order valence-corrected chi connectivity index (χ2v) is 7.20. The average molecular weight is 338 g/mol. The van der Waals surface area contributed by atoms with E-state index in [4.69, 9.17) is 4.74 Å². The average Bonchev–Trinajstić information content (AvgIpc) is 2.72. The number of benzene rings is 4. The van der Waals surface area contributed by atoms with Crippen LogP contribution < -0.4 is 4.74 Å². The lowest BCUT2D eigenvalue weighted by molar-refractivity contribution is 0.310. The molecule has 1 heteroatoms. The van der Waals surface area contributed by atoms with Gasteiger partial charge in [0.05, 0.1) is 0 Å². The third-order valence-corrected chi connectivity index (χ3v) is 5.55. The standard InChI is InChI=1S/C25H22O/c1-2-8-18(9-3-1)17-26-24-16-20-11-5-6-12-21(20)23-15-14-19-10-4-7-13-22(19)25(23)24/h1-3,5-6,8-9,11-12,14-16H,4,7,10,13,17H2. The summed E-state index contributed by atoms with van der Waals surface area (Å²) in [4.78, 5) is 0. The molecule has 0 unspecified atom stereocenters. The molecule has 1 aliphatic rings. The van der Waals surface area contributed by atoms with Gasteiger partial charge in [-0.2, -0.15) is 0 Å². The molecule has 0 radical (unpaired) electrons. The molecule has 0 amide bonds. The fraction of sp³-hybridized carbons (Fsp3) is 0.200. The highest BCUT2D eigenvalue weighted by Gasteiger charge is 2.17. The van der Waals surface area contributed by atoms with Crippen LogP contribution in [0, 0.1) is 0 Å². The predicted molar refractivity (Wildman–Crippen MR) is 109 cm³/mol. The molecule has 0 fully saturated rings. The smallest absolute Gasteiger partial charge is 0.128 e. The zero-order chi connectivity index (χ0) is 17.3. The normalized spacial score (nSPS) is 13.7. The van der Waals surface area contributed by atoms with Crippen LogP contribution in [-0.2, 0) is 19.4 Å². The van der Waals surface area contributed by atoms with Gasteiger partial charge in [0.2, 0.25) is 0 Å². The van der Waals surface area contributed by atoms with Gasteiger partial charge in [0, 0.05) is 5.39 Å². The maximum atomic E-state index is 6.38. The molecule has 0 aliphatic heterocycles. The molecule has 4 aromatic carbocycles. The summed E-state index contributed by atoms with van der Waals surface area (Å²) in [6.45, 7) is 0.609. The van der Waals surface area contributed by atoms with Crippen LogP contribution >= 0.6 is 0 Å². The summed E-state index contributed by atoms with van der Waals surface area (Å²) in [6, 6.07) is 26.0. The third kappa shape index (κ3) is 2.64. The summed E-state index contributed by atoms with van der Waals surface area (Å²) >= 11 is 0. The van der Waals surface area contributed by atoms with E-state index in [1.54, 1.807) is 0 Å². The first-order valence-corrected chi connectivity index (χ1v) is 9.53. The second kappa shape index (κ2) is 6.49. The van der Waals surface area contributed by atoms with E-state index in [0.29, 0.717) is 6.61 Å². The largest absolute Gasteiger partial charge is 0.488 e. The van der Waals surface area contributed by atoms with Crippen LogP contribution in [0.15, 0.2) is 72.8 Å². The van der Waals surface area contributed by atoms with Gasteiger partial charge in [0.1, 0.15) is 12.4 Å². The van der Waals surface area contributed by atoms with E-state index in [-0.39, 0.29) is 0 Å². The summed E-state index contributed by atoms with van der Waals surface area (Å²) in [5.74, 6) is 1.03. The Morgan fingerprint density at radius 2 is 1.54 bits per heavy atom. The van der Waals surface area contributed by atoms with Gasteiger partial charge in [-0.1, -0.05) is 66.7 Å². The fourth-order valence-corrected chi connectivity index (χ4v) is 4.26. The predicted octanol–water partition coefficient (Wildman–Crippen LogP) is 6.45. The van der Waals surface area contributed by atoms with Gasteiger partial charge in [-0.3, -0.25) is 0 Å². The highest BCUT2D eigenvalue weighted by molar-refractivity contribution is 6.11. The quantitative estimate of drug-likeness (QED) is 0.390. The molecule has 0 saturated carbocycles. The van der Waals surface area contributed by atoms with E-state index in [1.165, 1.54) is 57.5 Å². The Morgan fingerprint density at radius 1 is 0.731 bits per heavy atom. The summed E-state index contributed by atoms with van der Waals surface area (Å²) < 4.78 is 6.38. The Bertz CT molecular complexity index is 1080. The number of fused-ring (bicyclic) bond motifs is 5. The molecular formula is C25H22O. The molecule has 128 valence electrons. The van der Waals surface area contributed by atoms with Crippen molar-refractivity contribution in [2.45, 2.75) is 32.3 Å². The van der Waals surface area contributed by atoms with Gasteiger partial charge >= 0.3 is 0 Å². The number of ether oxygens (including phenoxy) is 1. The Balaban J connectivity index is 1.71. The summed E-state index contributed by atoms with van der Waals surface area (Å²) in [5.41, 5.74) is 4.21. The van der Waals surface area contributed by atoms with E-state index in [9.17, 15) is 0 Å². The highest BCUT2D eigenvalue weighted by atomic mass is 16.5. The maximum absolute atomic E-state index is 6.38. The molecule has 0 saturated heterocycles. The summed E-state index contributed by atoms with van der Waals surface area (Å²) in [7, 11) is 0. The van der Waals surface area contributed by atoms with Crippen molar-refractivity contribution in [3.8, 4) is 5.75 Å². The van der Waals surface area contributed by atoms with E-state index < -0.39 is 0 Å². The van der Waals surface area contributed by atoms with Crippen LogP contribution in [0.4, 0.5) is 0 Å². The Kier molecular flexibility index (Phi) is 3.86. The highest BCUT2D eigenvalue weighted by Crippen LogP contribution is 2.39. The maximum Gasteiger partial charge on any atom is 0.128 e. The van der Waals surface area contributed by atoms with Crippen LogP contribution in [0.3, 0.4) is 0 Å². The number of aryl methyl sites for hydroxylation is 2. The minimum Gasteiger partial charge on any atom is -0.488 e. The molecule has 1 aliphatic carbocycles. The summed E-state index contributed by atoms with van der Waals surface area (Å²) in [6.07, 6.45) is 4.92. The van der Waals surface area contributed by atoms with E-state index in [0.717, 1.165) is 12.2 Å². The van der Waals surface area contributed by atoms with Crippen molar-refractivity contribution in [2.24, 2.45) is 0 Å². The van der Waals surface area contributed by atoms with Crippen LogP contribution in [0.1, 0.15) is 29.5 Å². The van der Waals surface area contributed by atoms with E-state index in [2.05, 4.69) is 66.7 Å². The Hall–Kier alpha value is -2.80. The zero-order valence-electron chi connectivity index (χ0n) is 14.9. The van der Waals surface area contributed by atoms with Crippen molar-refractivity contribution < 1.29 is 4.74 Å². The minimum absolute atomic E-state index is 0.609. The van der Waals surface area contributed by atoms with Crippen molar-refractivity contribution >= 4 is 21.5 Å². The van der Waals surface area contributed by atoms with E-state index >= 15 is 0 Å². The molecule has 0 aromatic heterocycles. The molecule has 0 bridgehead atoms. The van der Waals surface area contributed by atoms with Gasteiger partial charge in [-0.15, -0.1) is 0 Å². The molecule has 5 rings (SSSR count). The molecular weight excluding hydrogens is 316 g/mol. The SMILES string of the molecule is c1ccc(COc2cc3ccccc3c3ccc4c(c23)CCCC4)cc1. The van der Waals surface area contributed by atoms with Crippen molar-refractivity contribution in [3.63, 3.8) is 0 Å². The monoisotopic (exact) mass is 338 g/mol. The number of hydrogen-bond acceptors (Lipinski definition) is 1. The first-order chi connectivity index (χ1) is 12.9. The van der Waals surface area contributed by atoms with Crippen LogP contribution in [0.2, 0.25) is 0 Å². The molecule has 4 aromatic rings. The molecule has 26 heavy (non-hydrogen) atoms. The first kappa shape index (κ1) is 15.5. The number of hydrogen-bond donors (Lipinski definition) is 0. The van der Waals surface area contributed by atoms with Crippen molar-refractivity contribution in [2.75, 3.05) is 0 Å². The van der Waals surface area contributed by atoms with Crippen molar-refractivity contribution in [1.29, 1.82) is 0 Å². The van der Waals surface area contributed by atoms with Crippen LogP contribution in [0.5, 0.6) is 5.75 Å². The van der Waals surface area contributed by atoms with Gasteiger partial charge in [0.25, 0.3) is 0 Å². The minimum atomic E-state index is 0.609. The fourth-order valence-electron chi connectivity index (χ4n) is 4.26. The lowest BCUT2D eigenvalue weighted by atomic mass is 9.86. The Morgan fingerprint density at radius 3 is 2.46 bits per heavy atom. The van der Waals surface area contributed by atoms with Crippen LogP contribution in [0.25, 0.3) is 21.5 Å². The van der Waals surface area contributed by atoms with Crippen LogP contribution in [-0.4, -0.2) is 0 Å². The molecule has 0 spiro atoms. The molecule has 0 heterocycles. The molecule has 0 atom stereocenters. The van der Waals surface area contributed by atoms with Crippen molar-refractivity contribution in [1.82, 2.24) is 0 Å². The van der Waals surface area contributed by atoms with Crippen molar-refractivity contribution in [3.05, 3.63) is 89.5 Å². The molecule has 1 nitrogen and oxygen atoms in total. The lowest BCUT2D eigenvalue weighted by Crippen LogP contribution is -2.05. The van der Waals surface area contributed by atoms with E-state index in [1.807, 2.05) is 6.07 Å². The third-order valence-electron chi connectivity index (χ3n) is 5.55. The zero-order valence-corrected chi connectivity index (χ0v) is 14.9. The van der Waals surface area contributed by atoms with Gasteiger partial charge in [-0.25, -0.2) is 0 Å². The topological polar surface area (TPSA) is 9.23 Å². The van der Waals surface area contributed by atoms with Gasteiger partial charge in [-0.05, 0) is 64.6 Å². The van der Waals surface area contributed by atoms with Gasteiger partial charge < -0.3 is 4.74 Å². The second-order valence-electron chi connectivity index (χ2n) is 7.20. The first-order valence-electron chi connectivity index (χ1n) is 9.53. The number of rotatable bonds is 3. The lowest BCUT2D eigenvalue weighted by Gasteiger charge is -2.21. The summed E-state index contributed by atoms with van der Waals surface area (Å²) in [5, 5.41) is 5.23. The molecule has 0 N–H and O–H groups in total. The van der Waals surface area contributed by atoms with Gasteiger partial charge in [0.15, 0.2) is 0 Å². The Labute approximate surface area is 154 Å².